The summed E-state index contributed by atoms with van der Waals surface area (Å²) in [5, 5.41) is 0. The van der Waals surface area contributed by atoms with Gasteiger partial charge in [-0.15, -0.1) is 0 Å². The van der Waals surface area contributed by atoms with Gasteiger partial charge in [0.15, 0.2) is 0 Å². The number of aromatic nitrogens is 2. The van der Waals surface area contributed by atoms with Crippen molar-refractivity contribution in [3.05, 3.63) is 109 Å². The van der Waals surface area contributed by atoms with Crippen LogP contribution >= 0.6 is 0 Å². The summed E-state index contributed by atoms with van der Waals surface area (Å²) in [6.07, 6.45) is 7.36. The highest BCUT2D eigenvalue weighted by Crippen LogP contribution is 2.27. The third kappa shape index (κ3) is 3.67. The van der Waals surface area contributed by atoms with E-state index in [0.29, 0.717) is 0 Å². The van der Waals surface area contributed by atoms with Crippen LogP contribution in [0, 0.1) is 0 Å². The van der Waals surface area contributed by atoms with Crippen LogP contribution in [0.25, 0.3) is 45.8 Å². The molecule has 0 amide bonds. The Morgan fingerprint density at radius 2 is 0.893 bits per heavy atom. The zero-order valence-corrected chi connectivity index (χ0v) is 15.5. The van der Waals surface area contributed by atoms with Crippen LogP contribution in [0.4, 0.5) is 0 Å². The summed E-state index contributed by atoms with van der Waals surface area (Å²) in [6.45, 7) is 7.61. The number of rotatable bonds is 5. The van der Waals surface area contributed by atoms with Crippen LogP contribution in [0.3, 0.4) is 0 Å². The third-order valence-corrected chi connectivity index (χ3v) is 4.74. The molecule has 2 aromatic carbocycles. The Morgan fingerprint density at radius 3 is 1.25 bits per heavy atom. The molecule has 0 radical (unpaired) electrons. The van der Waals surface area contributed by atoms with E-state index in [1.807, 2.05) is 36.7 Å². The molecule has 4 aromatic rings. The summed E-state index contributed by atoms with van der Waals surface area (Å²) in [5.41, 5.74) is 8.44. The standard InChI is InChI=1S/C26H20N2/c1-3-19-5-9-21(10-6-19)23-13-15-27-25(17-23)26-18-24(14-16-28-26)22-11-7-20(4-2)8-12-22/h3-18H,1-2H2. The van der Waals surface area contributed by atoms with Gasteiger partial charge in [-0.25, -0.2) is 0 Å². The fourth-order valence-electron chi connectivity index (χ4n) is 3.12. The first-order chi connectivity index (χ1) is 13.8. The molecule has 4 rings (SSSR count). The van der Waals surface area contributed by atoms with Crippen molar-refractivity contribution >= 4 is 12.2 Å². The van der Waals surface area contributed by atoms with Gasteiger partial charge in [0.25, 0.3) is 0 Å². The van der Waals surface area contributed by atoms with E-state index in [-0.39, 0.29) is 0 Å². The van der Waals surface area contributed by atoms with Gasteiger partial charge in [0.05, 0.1) is 11.4 Å². The SMILES string of the molecule is C=Cc1ccc(-c2ccnc(-c3cc(-c4ccc(C=C)cc4)ccn3)c2)cc1. The van der Waals surface area contributed by atoms with Crippen molar-refractivity contribution in [1.29, 1.82) is 0 Å². The van der Waals surface area contributed by atoms with Gasteiger partial charge >= 0.3 is 0 Å². The van der Waals surface area contributed by atoms with E-state index in [1.165, 1.54) is 0 Å². The molecule has 2 heteroatoms. The van der Waals surface area contributed by atoms with Crippen LogP contribution < -0.4 is 0 Å². The van der Waals surface area contributed by atoms with Crippen molar-refractivity contribution in [2.45, 2.75) is 0 Å². The van der Waals surface area contributed by atoms with Gasteiger partial charge in [0.2, 0.25) is 0 Å². The number of hydrogen-bond donors (Lipinski definition) is 0. The Labute approximate surface area is 165 Å². The highest BCUT2D eigenvalue weighted by atomic mass is 14.8. The smallest absolute Gasteiger partial charge is 0.0892 e. The molecule has 134 valence electrons. The van der Waals surface area contributed by atoms with Crippen molar-refractivity contribution < 1.29 is 0 Å². The maximum atomic E-state index is 4.54. The van der Waals surface area contributed by atoms with Gasteiger partial charge in [0, 0.05) is 12.4 Å². The van der Waals surface area contributed by atoms with Crippen molar-refractivity contribution in [2.24, 2.45) is 0 Å². The highest BCUT2D eigenvalue weighted by molar-refractivity contribution is 5.73. The summed E-state index contributed by atoms with van der Waals surface area (Å²) >= 11 is 0. The van der Waals surface area contributed by atoms with E-state index in [0.717, 1.165) is 44.8 Å². The zero-order valence-electron chi connectivity index (χ0n) is 15.5. The zero-order chi connectivity index (χ0) is 19.3. The molecule has 28 heavy (non-hydrogen) atoms. The van der Waals surface area contributed by atoms with Crippen LogP contribution in [0.1, 0.15) is 11.1 Å². The molecule has 2 heterocycles. The molecule has 0 unspecified atom stereocenters. The minimum Gasteiger partial charge on any atom is -0.255 e. The summed E-state index contributed by atoms with van der Waals surface area (Å²) < 4.78 is 0. The second kappa shape index (κ2) is 7.85. The van der Waals surface area contributed by atoms with E-state index < -0.39 is 0 Å². The first kappa shape index (κ1) is 17.6. The molecule has 0 saturated carbocycles. The lowest BCUT2D eigenvalue weighted by Gasteiger charge is -2.07. The molecular formula is C26H20N2. The van der Waals surface area contributed by atoms with Gasteiger partial charge in [0.1, 0.15) is 0 Å². The Morgan fingerprint density at radius 1 is 0.500 bits per heavy atom. The van der Waals surface area contributed by atoms with Gasteiger partial charge in [-0.3, -0.25) is 9.97 Å². The quantitative estimate of drug-likeness (QED) is 0.393. The van der Waals surface area contributed by atoms with Crippen LogP contribution in [0.5, 0.6) is 0 Å². The van der Waals surface area contributed by atoms with Gasteiger partial charge in [-0.05, 0) is 57.6 Å². The molecule has 0 bridgehead atoms. The molecule has 2 nitrogen and oxygen atoms in total. The van der Waals surface area contributed by atoms with Crippen molar-refractivity contribution in [1.82, 2.24) is 9.97 Å². The molecule has 0 atom stereocenters. The first-order valence-corrected chi connectivity index (χ1v) is 9.15. The lowest BCUT2D eigenvalue weighted by molar-refractivity contribution is 1.25. The maximum Gasteiger partial charge on any atom is 0.0892 e. The minimum absolute atomic E-state index is 0.856. The summed E-state index contributed by atoms with van der Waals surface area (Å²) in [5.74, 6) is 0. The number of benzene rings is 2. The topological polar surface area (TPSA) is 25.8 Å². The molecule has 0 aliphatic heterocycles. The normalized spacial score (nSPS) is 10.4. The molecule has 0 fully saturated rings. The molecule has 0 saturated heterocycles. The summed E-state index contributed by atoms with van der Waals surface area (Å²) in [4.78, 5) is 9.08. The molecular weight excluding hydrogens is 340 g/mol. The highest BCUT2D eigenvalue weighted by Gasteiger charge is 2.06. The fourth-order valence-corrected chi connectivity index (χ4v) is 3.12. The van der Waals surface area contributed by atoms with Crippen molar-refractivity contribution in [2.75, 3.05) is 0 Å². The molecule has 0 aliphatic carbocycles. The third-order valence-electron chi connectivity index (χ3n) is 4.74. The van der Waals surface area contributed by atoms with E-state index in [9.17, 15) is 0 Å². The molecule has 0 spiro atoms. The predicted octanol–water partition coefficient (Wildman–Crippen LogP) is 6.76. The van der Waals surface area contributed by atoms with Crippen LogP contribution in [-0.4, -0.2) is 9.97 Å². The predicted molar refractivity (Wildman–Crippen MR) is 119 cm³/mol. The summed E-state index contributed by atoms with van der Waals surface area (Å²) in [6, 6.07) is 24.8. The number of hydrogen-bond acceptors (Lipinski definition) is 2. The van der Waals surface area contributed by atoms with Crippen LogP contribution in [0.15, 0.2) is 98.3 Å². The van der Waals surface area contributed by atoms with Crippen molar-refractivity contribution in [3.63, 3.8) is 0 Å². The second-order valence-corrected chi connectivity index (χ2v) is 6.51. The monoisotopic (exact) mass is 360 g/mol. The average molecular weight is 360 g/mol. The number of pyridine rings is 2. The van der Waals surface area contributed by atoms with E-state index in [1.54, 1.807) is 0 Å². The second-order valence-electron chi connectivity index (χ2n) is 6.51. The van der Waals surface area contributed by atoms with Crippen LogP contribution in [0.2, 0.25) is 0 Å². The average Bonchev–Trinajstić information content (AvgIpc) is 2.79. The molecule has 2 aromatic heterocycles. The lowest BCUT2D eigenvalue weighted by atomic mass is 10.0. The van der Waals surface area contributed by atoms with E-state index in [2.05, 4.69) is 83.8 Å². The fraction of sp³-hybridized carbons (Fsp3) is 0. The van der Waals surface area contributed by atoms with Crippen LogP contribution in [-0.2, 0) is 0 Å². The minimum atomic E-state index is 0.856. The molecule has 0 N–H and O–H groups in total. The maximum absolute atomic E-state index is 4.54. The van der Waals surface area contributed by atoms with Gasteiger partial charge < -0.3 is 0 Å². The van der Waals surface area contributed by atoms with Gasteiger partial charge in [-0.1, -0.05) is 73.8 Å². The van der Waals surface area contributed by atoms with E-state index >= 15 is 0 Å². The Balaban J connectivity index is 1.69. The Hall–Kier alpha value is -3.78. The van der Waals surface area contributed by atoms with Gasteiger partial charge in [-0.2, -0.15) is 0 Å². The van der Waals surface area contributed by atoms with E-state index in [4.69, 9.17) is 0 Å². The summed E-state index contributed by atoms with van der Waals surface area (Å²) in [7, 11) is 0. The Kier molecular flexibility index (Phi) is 4.94. The first-order valence-electron chi connectivity index (χ1n) is 9.15. The largest absolute Gasteiger partial charge is 0.255 e. The Bertz CT molecular complexity index is 1030. The number of nitrogens with zero attached hydrogens (tertiary/aromatic N) is 2. The van der Waals surface area contributed by atoms with Crippen molar-refractivity contribution in [3.8, 4) is 33.6 Å². The molecule has 0 aliphatic rings. The lowest BCUT2D eigenvalue weighted by Crippen LogP contribution is -1.90.